The molecule has 0 radical (unpaired) electrons. The molecular formula is C19H14N2O3S. The van der Waals surface area contributed by atoms with Crippen molar-refractivity contribution in [3.8, 4) is 0 Å². The Labute approximate surface area is 147 Å². The number of allylic oxidation sites excluding steroid dienone is 1. The maximum atomic E-state index is 12.6. The van der Waals surface area contributed by atoms with E-state index in [1.807, 2.05) is 30.3 Å². The largest absolute Gasteiger partial charge is 0.506 e. The molecule has 124 valence electrons. The van der Waals surface area contributed by atoms with Gasteiger partial charge in [-0.15, -0.1) is 5.10 Å². The van der Waals surface area contributed by atoms with Gasteiger partial charge in [-0.2, -0.15) is 0 Å². The zero-order valence-electron chi connectivity index (χ0n) is 13.2. The summed E-state index contributed by atoms with van der Waals surface area (Å²) in [5, 5.41) is 14.6. The summed E-state index contributed by atoms with van der Waals surface area (Å²) in [5.74, 6) is -1.05. The van der Waals surface area contributed by atoms with Gasteiger partial charge in [-0.1, -0.05) is 40.9 Å². The normalized spacial score (nSPS) is 17.9. The molecule has 1 N–H and O–H groups in total. The van der Waals surface area contributed by atoms with Gasteiger partial charge in [0, 0.05) is 18.4 Å². The van der Waals surface area contributed by atoms with Crippen LogP contribution in [-0.2, 0) is 9.59 Å². The van der Waals surface area contributed by atoms with Crippen LogP contribution in [0.15, 0.2) is 54.1 Å². The predicted octanol–water partition coefficient (Wildman–Crippen LogP) is 3.68. The molecule has 4 rings (SSSR count). The first kappa shape index (κ1) is 15.7. The lowest BCUT2D eigenvalue weighted by atomic mass is 9.79. The van der Waals surface area contributed by atoms with Crippen LogP contribution in [0, 0.1) is 0 Å². The van der Waals surface area contributed by atoms with E-state index < -0.39 is 0 Å². The quantitative estimate of drug-likeness (QED) is 0.433. The average molecular weight is 350 g/mol. The molecular weight excluding hydrogens is 336 g/mol. The van der Waals surface area contributed by atoms with Gasteiger partial charge in [0.1, 0.15) is 16.8 Å². The Morgan fingerprint density at radius 1 is 1.00 bits per heavy atom. The van der Waals surface area contributed by atoms with Gasteiger partial charge in [0.25, 0.3) is 0 Å². The Balaban J connectivity index is 1.73. The van der Waals surface area contributed by atoms with E-state index in [1.54, 1.807) is 18.2 Å². The van der Waals surface area contributed by atoms with Crippen LogP contribution in [0.25, 0.3) is 16.0 Å². The standard InChI is InChI=1S/C19H14N2O3S/c22-15-9-12(11-5-2-1-3-6-11)10-16(23)17(15)18(24)13-7-4-8-14-19(13)25-21-20-14/h1-8,12,24H,9-10H2. The molecule has 1 heterocycles. The van der Waals surface area contributed by atoms with Crippen LogP contribution in [-0.4, -0.2) is 26.3 Å². The van der Waals surface area contributed by atoms with Crippen molar-refractivity contribution in [3.05, 3.63) is 65.2 Å². The van der Waals surface area contributed by atoms with Crippen molar-refractivity contribution in [2.45, 2.75) is 18.8 Å². The van der Waals surface area contributed by atoms with E-state index in [-0.39, 0.29) is 41.7 Å². The second-order valence-corrected chi connectivity index (χ2v) is 6.77. The number of aliphatic hydroxyl groups is 1. The molecule has 0 saturated heterocycles. The molecule has 1 aromatic heterocycles. The first-order chi connectivity index (χ1) is 12.1. The molecule has 3 aromatic rings. The summed E-state index contributed by atoms with van der Waals surface area (Å²) < 4.78 is 4.53. The van der Waals surface area contributed by atoms with Crippen LogP contribution in [0.1, 0.15) is 29.9 Å². The summed E-state index contributed by atoms with van der Waals surface area (Å²) in [6.07, 6.45) is 0.429. The van der Waals surface area contributed by atoms with Crippen LogP contribution < -0.4 is 0 Å². The van der Waals surface area contributed by atoms with E-state index in [2.05, 4.69) is 9.59 Å². The maximum Gasteiger partial charge on any atom is 0.170 e. The molecule has 0 spiro atoms. The smallest absolute Gasteiger partial charge is 0.170 e. The molecule has 0 unspecified atom stereocenters. The van der Waals surface area contributed by atoms with E-state index in [1.165, 1.54) is 0 Å². The molecule has 6 heteroatoms. The van der Waals surface area contributed by atoms with Crippen molar-refractivity contribution in [2.24, 2.45) is 0 Å². The number of fused-ring (bicyclic) bond motifs is 1. The van der Waals surface area contributed by atoms with Crippen LogP contribution in [0.2, 0.25) is 0 Å². The first-order valence-electron chi connectivity index (χ1n) is 7.91. The molecule has 25 heavy (non-hydrogen) atoms. The Kier molecular flexibility index (Phi) is 3.89. The van der Waals surface area contributed by atoms with Gasteiger partial charge in [0.05, 0.1) is 4.70 Å². The van der Waals surface area contributed by atoms with Gasteiger partial charge < -0.3 is 5.11 Å². The number of carbonyl (C=O) groups excluding carboxylic acids is 2. The fourth-order valence-corrected chi connectivity index (χ4v) is 3.91. The SMILES string of the molecule is O=C1CC(c2ccccc2)CC(=O)C1=C(O)c1cccc2nnsc12. The number of rotatable bonds is 2. The third-order valence-electron chi connectivity index (χ3n) is 4.46. The maximum absolute atomic E-state index is 12.6. The number of ketones is 2. The summed E-state index contributed by atoms with van der Waals surface area (Å²) in [6.45, 7) is 0. The molecule has 0 amide bonds. The number of hydrogen-bond acceptors (Lipinski definition) is 6. The molecule has 5 nitrogen and oxygen atoms in total. The minimum Gasteiger partial charge on any atom is -0.506 e. The first-order valence-corrected chi connectivity index (χ1v) is 8.68. The van der Waals surface area contributed by atoms with Gasteiger partial charge >= 0.3 is 0 Å². The van der Waals surface area contributed by atoms with Crippen LogP contribution in [0.5, 0.6) is 0 Å². The molecule has 1 aliphatic carbocycles. The summed E-state index contributed by atoms with van der Waals surface area (Å²) in [5.41, 5.74) is 1.93. The highest BCUT2D eigenvalue weighted by Gasteiger charge is 2.34. The summed E-state index contributed by atoms with van der Waals surface area (Å²) >= 11 is 1.13. The number of aliphatic hydroxyl groups excluding tert-OH is 1. The second-order valence-electron chi connectivity index (χ2n) is 6.01. The molecule has 1 fully saturated rings. The predicted molar refractivity (Wildman–Crippen MR) is 95.4 cm³/mol. The highest BCUT2D eigenvalue weighted by atomic mass is 32.1. The molecule has 0 bridgehead atoms. The molecule has 0 atom stereocenters. The van der Waals surface area contributed by atoms with Gasteiger partial charge in [-0.05, 0) is 35.1 Å². The van der Waals surface area contributed by atoms with E-state index in [4.69, 9.17) is 0 Å². The van der Waals surface area contributed by atoms with E-state index in [0.717, 1.165) is 17.1 Å². The van der Waals surface area contributed by atoms with Crippen molar-refractivity contribution < 1.29 is 14.7 Å². The van der Waals surface area contributed by atoms with Crippen LogP contribution in [0.3, 0.4) is 0 Å². The van der Waals surface area contributed by atoms with Gasteiger partial charge in [-0.3, -0.25) is 9.59 Å². The monoisotopic (exact) mass is 350 g/mol. The zero-order valence-corrected chi connectivity index (χ0v) is 14.0. The van der Waals surface area contributed by atoms with E-state index in [9.17, 15) is 14.7 Å². The molecule has 1 saturated carbocycles. The number of Topliss-reactive ketones (excluding diaryl/α,β-unsaturated/α-hetero) is 2. The lowest BCUT2D eigenvalue weighted by Crippen LogP contribution is -2.26. The van der Waals surface area contributed by atoms with E-state index >= 15 is 0 Å². The third-order valence-corrected chi connectivity index (χ3v) is 5.23. The Hall–Kier alpha value is -2.86. The lowest BCUT2D eigenvalue weighted by Gasteiger charge is -2.23. The Morgan fingerprint density at radius 3 is 2.44 bits per heavy atom. The van der Waals surface area contributed by atoms with Crippen molar-refractivity contribution in [1.82, 2.24) is 9.59 Å². The number of hydrogen-bond donors (Lipinski definition) is 1. The Morgan fingerprint density at radius 2 is 1.72 bits per heavy atom. The topological polar surface area (TPSA) is 80.2 Å². The van der Waals surface area contributed by atoms with Gasteiger partial charge in [0.2, 0.25) is 0 Å². The van der Waals surface area contributed by atoms with Crippen molar-refractivity contribution in [2.75, 3.05) is 0 Å². The number of carbonyl (C=O) groups is 2. The second kappa shape index (κ2) is 6.22. The number of benzene rings is 2. The third kappa shape index (κ3) is 2.74. The summed E-state index contributed by atoms with van der Waals surface area (Å²) in [7, 11) is 0. The Bertz CT molecular complexity index is 988. The van der Waals surface area contributed by atoms with E-state index in [0.29, 0.717) is 15.8 Å². The van der Waals surface area contributed by atoms with Gasteiger partial charge in [-0.25, -0.2) is 0 Å². The zero-order chi connectivity index (χ0) is 17.4. The van der Waals surface area contributed by atoms with Gasteiger partial charge in [0.15, 0.2) is 11.6 Å². The van der Waals surface area contributed by atoms with Crippen molar-refractivity contribution in [1.29, 1.82) is 0 Å². The van der Waals surface area contributed by atoms with Crippen LogP contribution >= 0.6 is 11.5 Å². The summed E-state index contributed by atoms with van der Waals surface area (Å²) in [4.78, 5) is 25.2. The fourth-order valence-electron chi connectivity index (χ4n) is 3.23. The average Bonchev–Trinajstić information content (AvgIpc) is 3.10. The molecule has 0 aliphatic heterocycles. The highest BCUT2D eigenvalue weighted by molar-refractivity contribution is 7.13. The summed E-state index contributed by atoms with van der Waals surface area (Å²) in [6, 6.07) is 14.7. The number of aromatic nitrogens is 2. The molecule has 1 aliphatic rings. The highest BCUT2D eigenvalue weighted by Crippen LogP contribution is 2.35. The lowest BCUT2D eigenvalue weighted by molar-refractivity contribution is -0.124. The van der Waals surface area contributed by atoms with Crippen LogP contribution in [0.4, 0.5) is 0 Å². The van der Waals surface area contributed by atoms with Crippen molar-refractivity contribution in [3.63, 3.8) is 0 Å². The molecule has 2 aromatic carbocycles. The minimum atomic E-state index is -0.322. The van der Waals surface area contributed by atoms with Crippen molar-refractivity contribution >= 4 is 39.1 Å². The fraction of sp³-hybridized carbons (Fsp3) is 0.158. The number of nitrogens with zero attached hydrogens (tertiary/aromatic N) is 2. The minimum absolute atomic E-state index is 0.104.